The molecule has 1 amide bonds. The van der Waals surface area contributed by atoms with Crippen molar-refractivity contribution < 1.29 is 9.53 Å². The van der Waals surface area contributed by atoms with E-state index >= 15 is 0 Å². The van der Waals surface area contributed by atoms with E-state index in [0.717, 1.165) is 61.2 Å². The normalized spacial score (nSPS) is 13.8. The van der Waals surface area contributed by atoms with E-state index in [1.54, 1.807) is 24.3 Å². The van der Waals surface area contributed by atoms with Gasteiger partial charge in [0.25, 0.3) is 5.91 Å². The first-order valence-corrected chi connectivity index (χ1v) is 13.4. The highest BCUT2D eigenvalue weighted by molar-refractivity contribution is 7.80. The zero-order valence-corrected chi connectivity index (χ0v) is 23.0. The SMILES string of the molecule is CCCOc1ccc(C(=O)NC(=S)Nc2ccc(N3CCN(Cc4ccccc4Cl)CC3)c(Cl)c2)cc1. The molecule has 37 heavy (non-hydrogen) atoms. The van der Waals surface area contributed by atoms with Gasteiger partial charge in [0.05, 0.1) is 17.3 Å². The van der Waals surface area contributed by atoms with Gasteiger partial charge in [0, 0.05) is 49.0 Å². The Kier molecular flexibility index (Phi) is 9.63. The van der Waals surface area contributed by atoms with Crippen LogP contribution in [-0.4, -0.2) is 48.7 Å². The van der Waals surface area contributed by atoms with Crippen LogP contribution in [0.4, 0.5) is 11.4 Å². The molecule has 4 rings (SSSR count). The van der Waals surface area contributed by atoms with Crippen molar-refractivity contribution in [3.8, 4) is 5.75 Å². The Bertz CT molecular complexity index is 1230. The van der Waals surface area contributed by atoms with Gasteiger partial charge in [-0.25, -0.2) is 0 Å². The fraction of sp³-hybridized carbons (Fsp3) is 0.286. The first-order valence-electron chi connectivity index (χ1n) is 12.3. The Morgan fingerprint density at radius 2 is 1.70 bits per heavy atom. The summed E-state index contributed by atoms with van der Waals surface area (Å²) in [5.41, 5.74) is 3.33. The molecular formula is C28H30Cl2N4O2S. The molecule has 0 saturated carbocycles. The lowest BCUT2D eigenvalue weighted by Gasteiger charge is -2.36. The fourth-order valence-electron chi connectivity index (χ4n) is 4.12. The second-order valence-corrected chi connectivity index (χ2v) is 10.0. The van der Waals surface area contributed by atoms with E-state index in [0.29, 0.717) is 22.9 Å². The number of carbonyl (C=O) groups excluding carboxylic acids is 1. The summed E-state index contributed by atoms with van der Waals surface area (Å²) in [5, 5.41) is 7.38. The van der Waals surface area contributed by atoms with E-state index < -0.39 is 0 Å². The Labute approximate surface area is 233 Å². The van der Waals surface area contributed by atoms with Crippen molar-refractivity contribution in [2.45, 2.75) is 19.9 Å². The molecule has 2 N–H and O–H groups in total. The van der Waals surface area contributed by atoms with Crippen molar-refractivity contribution in [2.75, 3.05) is 43.0 Å². The highest BCUT2D eigenvalue weighted by Crippen LogP contribution is 2.30. The Morgan fingerprint density at radius 3 is 2.38 bits per heavy atom. The van der Waals surface area contributed by atoms with Gasteiger partial charge in [0.1, 0.15) is 5.75 Å². The molecule has 0 spiro atoms. The number of ether oxygens (including phenoxy) is 1. The van der Waals surface area contributed by atoms with Gasteiger partial charge in [0.2, 0.25) is 0 Å². The quantitative estimate of drug-likeness (QED) is 0.321. The minimum Gasteiger partial charge on any atom is -0.494 e. The molecule has 3 aromatic carbocycles. The number of anilines is 2. The molecule has 0 radical (unpaired) electrons. The molecule has 0 atom stereocenters. The lowest BCUT2D eigenvalue weighted by molar-refractivity contribution is 0.0977. The van der Waals surface area contributed by atoms with Crippen LogP contribution in [0, 0.1) is 0 Å². The molecule has 1 fully saturated rings. The number of amides is 1. The van der Waals surface area contributed by atoms with E-state index in [1.165, 1.54) is 0 Å². The summed E-state index contributed by atoms with van der Waals surface area (Å²) in [5.74, 6) is 0.438. The van der Waals surface area contributed by atoms with Gasteiger partial charge in [-0.2, -0.15) is 0 Å². The monoisotopic (exact) mass is 556 g/mol. The first kappa shape index (κ1) is 27.2. The van der Waals surface area contributed by atoms with Gasteiger partial charge >= 0.3 is 0 Å². The number of benzene rings is 3. The average molecular weight is 558 g/mol. The standard InChI is InChI=1S/C28H30Cl2N4O2S/c1-2-17-36-23-10-7-20(8-11-23)27(35)32-28(37)31-22-9-12-26(25(30)18-22)34-15-13-33(14-16-34)19-21-5-3-4-6-24(21)29/h3-12,18H,2,13-17,19H2,1H3,(H2,31,32,35,37). The maximum absolute atomic E-state index is 12.5. The fourth-order valence-corrected chi connectivity index (χ4v) is 4.82. The third-order valence-electron chi connectivity index (χ3n) is 6.09. The molecular weight excluding hydrogens is 527 g/mol. The van der Waals surface area contributed by atoms with Crippen molar-refractivity contribution in [3.05, 3.63) is 87.9 Å². The lowest BCUT2D eigenvalue weighted by Crippen LogP contribution is -2.46. The summed E-state index contributed by atoms with van der Waals surface area (Å²) >= 11 is 18.3. The number of piperazine rings is 1. The minimum absolute atomic E-state index is 0.202. The molecule has 6 nitrogen and oxygen atoms in total. The Balaban J connectivity index is 1.28. The number of nitrogens with zero attached hydrogens (tertiary/aromatic N) is 2. The smallest absolute Gasteiger partial charge is 0.257 e. The second-order valence-electron chi connectivity index (χ2n) is 8.80. The topological polar surface area (TPSA) is 56.8 Å². The van der Waals surface area contributed by atoms with Crippen molar-refractivity contribution in [1.82, 2.24) is 10.2 Å². The van der Waals surface area contributed by atoms with Crippen molar-refractivity contribution in [3.63, 3.8) is 0 Å². The van der Waals surface area contributed by atoms with Crippen LogP contribution in [0.1, 0.15) is 29.3 Å². The van der Waals surface area contributed by atoms with Crippen molar-refractivity contribution in [2.24, 2.45) is 0 Å². The number of rotatable bonds is 8. The number of halogens is 2. The van der Waals surface area contributed by atoms with Crippen LogP contribution < -0.4 is 20.3 Å². The molecule has 0 aromatic heterocycles. The van der Waals surface area contributed by atoms with E-state index in [1.807, 2.05) is 43.3 Å². The Morgan fingerprint density at radius 1 is 0.973 bits per heavy atom. The number of hydrogen-bond acceptors (Lipinski definition) is 5. The van der Waals surface area contributed by atoms with Crippen LogP contribution in [0.2, 0.25) is 10.0 Å². The van der Waals surface area contributed by atoms with E-state index in [9.17, 15) is 4.79 Å². The van der Waals surface area contributed by atoms with Crippen LogP contribution in [0.3, 0.4) is 0 Å². The summed E-state index contributed by atoms with van der Waals surface area (Å²) < 4.78 is 5.56. The maximum Gasteiger partial charge on any atom is 0.257 e. The van der Waals surface area contributed by atoms with Crippen LogP contribution in [0.15, 0.2) is 66.7 Å². The summed E-state index contributed by atoms with van der Waals surface area (Å²) in [7, 11) is 0. The molecule has 0 bridgehead atoms. The average Bonchev–Trinajstić information content (AvgIpc) is 2.90. The number of hydrogen-bond donors (Lipinski definition) is 2. The highest BCUT2D eigenvalue weighted by atomic mass is 35.5. The van der Waals surface area contributed by atoms with Gasteiger partial charge in [-0.15, -0.1) is 0 Å². The van der Waals surface area contributed by atoms with E-state index in [-0.39, 0.29) is 11.0 Å². The third-order valence-corrected chi connectivity index (χ3v) is 6.96. The predicted octanol–water partition coefficient (Wildman–Crippen LogP) is 6.23. The largest absolute Gasteiger partial charge is 0.494 e. The first-order chi connectivity index (χ1) is 17.9. The third kappa shape index (κ3) is 7.58. The van der Waals surface area contributed by atoms with Crippen LogP contribution in [0.5, 0.6) is 5.75 Å². The van der Waals surface area contributed by atoms with Gasteiger partial charge < -0.3 is 15.0 Å². The summed E-state index contributed by atoms with van der Waals surface area (Å²) in [6.45, 7) is 7.10. The molecule has 1 aliphatic rings. The molecule has 1 heterocycles. The minimum atomic E-state index is -0.295. The van der Waals surface area contributed by atoms with Crippen LogP contribution in [-0.2, 0) is 6.54 Å². The van der Waals surface area contributed by atoms with Crippen molar-refractivity contribution in [1.29, 1.82) is 0 Å². The molecule has 9 heteroatoms. The van der Waals surface area contributed by atoms with Gasteiger partial charge in [-0.1, -0.05) is 48.3 Å². The summed E-state index contributed by atoms with van der Waals surface area (Å²) in [6.07, 6.45) is 0.925. The molecule has 1 aliphatic heterocycles. The Hall–Kier alpha value is -2.84. The van der Waals surface area contributed by atoms with E-state index in [2.05, 4.69) is 26.5 Å². The molecule has 0 aliphatic carbocycles. The highest BCUT2D eigenvalue weighted by Gasteiger charge is 2.20. The molecule has 3 aromatic rings. The summed E-state index contributed by atoms with van der Waals surface area (Å²) in [4.78, 5) is 17.2. The van der Waals surface area contributed by atoms with Crippen molar-refractivity contribution >= 4 is 57.8 Å². The van der Waals surface area contributed by atoms with Gasteiger partial charge in [-0.05, 0) is 72.7 Å². The van der Waals surface area contributed by atoms with Crippen LogP contribution in [0.25, 0.3) is 0 Å². The van der Waals surface area contributed by atoms with E-state index in [4.69, 9.17) is 40.2 Å². The maximum atomic E-state index is 12.5. The number of thiocarbonyl (C=S) groups is 1. The number of nitrogens with one attached hydrogen (secondary N) is 2. The van der Waals surface area contributed by atoms with Gasteiger partial charge in [-0.3, -0.25) is 15.0 Å². The second kappa shape index (κ2) is 13.1. The molecule has 0 unspecified atom stereocenters. The lowest BCUT2D eigenvalue weighted by atomic mass is 10.2. The van der Waals surface area contributed by atoms with Crippen LogP contribution >= 0.6 is 35.4 Å². The zero-order chi connectivity index (χ0) is 26.2. The summed E-state index contributed by atoms with van der Waals surface area (Å²) in [6, 6.07) is 20.7. The molecule has 1 saturated heterocycles. The zero-order valence-electron chi connectivity index (χ0n) is 20.7. The number of carbonyl (C=O) groups is 1. The molecule has 194 valence electrons. The van der Waals surface area contributed by atoms with Gasteiger partial charge in [0.15, 0.2) is 5.11 Å². The predicted molar refractivity (Wildman–Crippen MR) is 156 cm³/mol.